The molecule has 2 unspecified atom stereocenters. The maximum absolute atomic E-state index is 11.5. The van der Waals surface area contributed by atoms with Crippen molar-refractivity contribution in [3.63, 3.8) is 0 Å². The Morgan fingerprint density at radius 1 is 1.33 bits per heavy atom. The smallest absolute Gasteiger partial charge is 0.333 e. The van der Waals surface area contributed by atoms with Gasteiger partial charge in [0.1, 0.15) is 5.76 Å². The predicted octanol–water partition coefficient (Wildman–Crippen LogP) is 3.65. The maximum atomic E-state index is 11.5. The third-order valence-corrected chi connectivity index (χ3v) is 4.95. The van der Waals surface area contributed by atoms with E-state index in [2.05, 4.69) is 24.3 Å². The number of rotatable bonds is 5. The molecule has 4 nitrogen and oxygen atoms in total. The normalized spacial score (nSPS) is 28.5. The van der Waals surface area contributed by atoms with Gasteiger partial charge in [0, 0.05) is 18.4 Å². The average molecular weight is 330 g/mol. The Kier molecular flexibility index (Phi) is 5.56. The second-order valence-corrected chi connectivity index (χ2v) is 6.95. The van der Waals surface area contributed by atoms with Crippen molar-refractivity contribution in [2.24, 2.45) is 5.41 Å². The lowest BCUT2D eigenvalue weighted by Crippen LogP contribution is -2.32. The zero-order valence-electron chi connectivity index (χ0n) is 14.3. The molecule has 2 fully saturated rings. The van der Waals surface area contributed by atoms with Crippen LogP contribution in [0.25, 0.3) is 0 Å². The first-order valence-corrected chi connectivity index (χ1v) is 8.76. The van der Waals surface area contributed by atoms with Gasteiger partial charge in [-0.3, -0.25) is 0 Å². The minimum absolute atomic E-state index is 0.0107. The number of carbonyl (C=O) groups is 1. The standard InChI is InChI=1S/C20H26O4/c1-22-19(21)11-18-14-20(15-24-18,12-16-7-3-2-4-8-16)13-17-9-5-6-10-23-17/h2-4,7-8,11,17H,5-6,9-10,12-15H2,1H3/b18-11-. The zero-order valence-corrected chi connectivity index (χ0v) is 14.3. The summed E-state index contributed by atoms with van der Waals surface area (Å²) in [6.45, 7) is 1.49. The molecule has 0 bridgehead atoms. The van der Waals surface area contributed by atoms with Crippen LogP contribution < -0.4 is 0 Å². The summed E-state index contributed by atoms with van der Waals surface area (Å²) in [5, 5.41) is 0. The van der Waals surface area contributed by atoms with E-state index in [1.807, 2.05) is 6.07 Å². The van der Waals surface area contributed by atoms with E-state index in [1.54, 1.807) is 0 Å². The summed E-state index contributed by atoms with van der Waals surface area (Å²) >= 11 is 0. The van der Waals surface area contributed by atoms with Gasteiger partial charge in [-0.25, -0.2) is 4.79 Å². The van der Waals surface area contributed by atoms with Crippen LogP contribution >= 0.6 is 0 Å². The van der Waals surface area contributed by atoms with E-state index in [0.29, 0.717) is 12.7 Å². The molecule has 0 aliphatic carbocycles. The summed E-state index contributed by atoms with van der Waals surface area (Å²) in [5.74, 6) is 0.378. The zero-order chi connectivity index (χ0) is 16.8. The second kappa shape index (κ2) is 7.84. The lowest BCUT2D eigenvalue weighted by atomic mass is 9.75. The van der Waals surface area contributed by atoms with Crippen LogP contribution in [0.1, 0.15) is 37.7 Å². The van der Waals surface area contributed by atoms with E-state index < -0.39 is 0 Å². The number of ether oxygens (including phenoxy) is 3. The lowest BCUT2D eigenvalue weighted by molar-refractivity contribution is -0.135. The van der Waals surface area contributed by atoms with Crippen molar-refractivity contribution in [3.05, 3.63) is 47.7 Å². The number of esters is 1. The molecule has 130 valence electrons. The van der Waals surface area contributed by atoms with Gasteiger partial charge in [0.2, 0.25) is 0 Å². The van der Waals surface area contributed by atoms with Crippen molar-refractivity contribution >= 4 is 5.97 Å². The molecule has 0 spiro atoms. The van der Waals surface area contributed by atoms with Crippen LogP contribution in [-0.4, -0.2) is 32.4 Å². The lowest BCUT2D eigenvalue weighted by Gasteiger charge is -2.33. The van der Waals surface area contributed by atoms with Gasteiger partial charge in [-0.2, -0.15) is 0 Å². The molecule has 0 aromatic heterocycles. The molecule has 24 heavy (non-hydrogen) atoms. The van der Waals surface area contributed by atoms with Crippen LogP contribution in [0.5, 0.6) is 0 Å². The summed E-state index contributed by atoms with van der Waals surface area (Å²) in [5.41, 5.74) is 1.29. The molecule has 0 radical (unpaired) electrons. The third kappa shape index (κ3) is 4.38. The first kappa shape index (κ1) is 17.0. The fourth-order valence-corrected chi connectivity index (χ4v) is 3.80. The molecule has 2 aliphatic heterocycles. The largest absolute Gasteiger partial charge is 0.497 e. The highest BCUT2D eigenvalue weighted by molar-refractivity contribution is 5.82. The van der Waals surface area contributed by atoms with Crippen molar-refractivity contribution in [2.45, 2.75) is 44.6 Å². The molecular formula is C20H26O4. The Bertz CT molecular complexity index is 575. The molecule has 2 atom stereocenters. The molecule has 3 rings (SSSR count). The number of benzene rings is 1. The minimum atomic E-state index is -0.352. The fraction of sp³-hybridized carbons (Fsp3) is 0.550. The molecule has 0 amide bonds. The quantitative estimate of drug-likeness (QED) is 0.610. The molecule has 0 saturated carbocycles. The SMILES string of the molecule is COC(=O)/C=C1/CC(Cc2ccccc2)(CC2CCCCO2)CO1. The maximum Gasteiger partial charge on any atom is 0.333 e. The first-order valence-electron chi connectivity index (χ1n) is 8.76. The van der Waals surface area contributed by atoms with E-state index in [9.17, 15) is 4.79 Å². The highest BCUT2D eigenvalue weighted by Crippen LogP contribution is 2.43. The Morgan fingerprint density at radius 2 is 2.17 bits per heavy atom. The van der Waals surface area contributed by atoms with Gasteiger partial charge in [0.15, 0.2) is 0 Å². The van der Waals surface area contributed by atoms with E-state index >= 15 is 0 Å². The van der Waals surface area contributed by atoms with E-state index in [1.165, 1.54) is 25.2 Å². The summed E-state index contributed by atoms with van der Waals surface area (Å²) in [4.78, 5) is 11.5. The topological polar surface area (TPSA) is 44.8 Å². The molecule has 2 saturated heterocycles. The summed E-state index contributed by atoms with van der Waals surface area (Å²) in [7, 11) is 1.39. The van der Waals surface area contributed by atoms with Crippen LogP contribution in [-0.2, 0) is 25.4 Å². The molecule has 4 heteroatoms. The Labute approximate surface area is 143 Å². The minimum Gasteiger partial charge on any atom is -0.497 e. The average Bonchev–Trinajstić information content (AvgIpc) is 2.98. The van der Waals surface area contributed by atoms with Gasteiger partial charge in [-0.05, 0) is 37.7 Å². The molecule has 2 aliphatic rings. The monoisotopic (exact) mass is 330 g/mol. The number of allylic oxidation sites excluding steroid dienone is 1. The van der Waals surface area contributed by atoms with Gasteiger partial charge in [-0.15, -0.1) is 0 Å². The van der Waals surface area contributed by atoms with Crippen LogP contribution in [0.2, 0.25) is 0 Å². The van der Waals surface area contributed by atoms with Crippen molar-refractivity contribution in [3.8, 4) is 0 Å². The Morgan fingerprint density at radius 3 is 2.88 bits per heavy atom. The highest BCUT2D eigenvalue weighted by Gasteiger charge is 2.41. The van der Waals surface area contributed by atoms with E-state index in [0.717, 1.165) is 44.5 Å². The van der Waals surface area contributed by atoms with Crippen molar-refractivity contribution < 1.29 is 19.0 Å². The van der Waals surface area contributed by atoms with Crippen molar-refractivity contribution in [1.82, 2.24) is 0 Å². The Hall–Kier alpha value is -1.81. The number of hydrogen-bond donors (Lipinski definition) is 0. The molecule has 2 heterocycles. The molecule has 1 aromatic carbocycles. The van der Waals surface area contributed by atoms with Gasteiger partial charge in [0.25, 0.3) is 0 Å². The number of hydrogen-bond acceptors (Lipinski definition) is 4. The molecule has 0 N–H and O–H groups in total. The second-order valence-electron chi connectivity index (χ2n) is 6.95. The van der Waals surface area contributed by atoms with Gasteiger partial charge in [-0.1, -0.05) is 30.3 Å². The van der Waals surface area contributed by atoms with Gasteiger partial charge >= 0.3 is 5.97 Å². The molecular weight excluding hydrogens is 304 g/mol. The number of methoxy groups -OCH3 is 1. The van der Waals surface area contributed by atoms with Crippen LogP contribution in [0.3, 0.4) is 0 Å². The summed E-state index contributed by atoms with van der Waals surface area (Å²) < 4.78 is 16.6. The summed E-state index contributed by atoms with van der Waals surface area (Å²) in [6, 6.07) is 10.5. The third-order valence-electron chi connectivity index (χ3n) is 4.95. The number of carbonyl (C=O) groups excluding carboxylic acids is 1. The summed E-state index contributed by atoms with van der Waals surface area (Å²) in [6.07, 6.45) is 7.96. The molecule has 1 aromatic rings. The first-order chi connectivity index (χ1) is 11.7. The van der Waals surface area contributed by atoms with Crippen molar-refractivity contribution in [2.75, 3.05) is 20.3 Å². The van der Waals surface area contributed by atoms with Crippen molar-refractivity contribution in [1.29, 1.82) is 0 Å². The van der Waals surface area contributed by atoms with Crippen LogP contribution in [0.4, 0.5) is 0 Å². The van der Waals surface area contributed by atoms with Gasteiger partial charge in [0.05, 0.1) is 25.9 Å². The van der Waals surface area contributed by atoms with Crippen LogP contribution in [0.15, 0.2) is 42.2 Å². The van der Waals surface area contributed by atoms with E-state index in [-0.39, 0.29) is 11.4 Å². The van der Waals surface area contributed by atoms with E-state index in [4.69, 9.17) is 14.2 Å². The highest BCUT2D eigenvalue weighted by atomic mass is 16.5. The van der Waals surface area contributed by atoms with Crippen LogP contribution in [0, 0.1) is 5.41 Å². The Balaban J connectivity index is 1.76. The fourth-order valence-electron chi connectivity index (χ4n) is 3.80. The predicted molar refractivity (Wildman–Crippen MR) is 91.5 cm³/mol. The van der Waals surface area contributed by atoms with Gasteiger partial charge < -0.3 is 14.2 Å².